The molecular formula is C21H20F3N5S. The normalized spacial score (nSPS) is 19.1. The summed E-state index contributed by atoms with van der Waals surface area (Å²) in [7, 11) is 0. The smallest absolute Gasteiger partial charge is 0.360 e. The van der Waals surface area contributed by atoms with Crippen molar-refractivity contribution in [1.29, 1.82) is 0 Å². The Balaban J connectivity index is 1.31. The number of fused-ring (bicyclic) bond motifs is 1. The van der Waals surface area contributed by atoms with Crippen molar-refractivity contribution in [2.24, 2.45) is 16.6 Å². The van der Waals surface area contributed by atoms with Gasteiger partial charge in [-0.25, -0.2) is 4.98 Å². The average Bonchev–Trinajstić information content (AvgIpc) is 3.21. The average molecular weight is 431 g/mol. The molecule has 0 saturated carbocycles. The number of halogens is 3. The number of rotatable bonds is 6. The number of alkyl halides is 3. The summed E-state index contributed by atoms with van der Waals surface area (Å²) < 4.78 is 37.8. The van der Waals surface area contributed by atoms with Crippen molar-refractivity contribution in [3.63, 3.8) is 0 Å². The summed E-state index contributed by atoms with van der Waals surface area (Å²) in [5.74, 6) is 0.349. The standard InChI is InChI=1S/C21H20F3N5S/c22-21(23,24)19-4-1-13(9-27-19)7-17(25)11-28-20-29-12-18(30-20)15-2-3-16-10-26-6-5-14(16)8-15/h1-2,4-6,8-10,12,16-17H,3,7,11,25H2,(H,28,29)/t16?,17-/m0/s1. The van der Waals surface area contributed by atoms with E-state index in [1.807, 2.05) is 18.5 Å². The molecule has 3 N–H and O–H groups in total. The van der Waals surface area contributed by atoms with Crippen molar-refractivity contribution in [1.82, 2.24) is 9.97 Å². The van der Waals surface area contributed by atoms with Crippen LogP contribution in [0.2, 0.25) is 0 Å². The van der Waals surface area contributed by atoms with Gasteiger partial charge in [0.05, 0.1) is 4.88 Å². The Kier molecular flexibility index (Phi) is 5.83. The summed E-state index contributed by atoms with van der Waals surface area (Å²) in [6, 6.07) is 2.12. The Morgan fingerprint density at radius 2 is 2.10 bits per heavy atom. The molecule has 1 aliphatic carbocycles. The fourth-order valence-electron chi connectivity index (χ4n) is 3.30. The molecule has 0 radical (unpaired) electrons. The first-order valence-corrected chi connectivity index (χ1v) is 10.3. The molecule has 2 aromatic heterocycles. The Hall–Kier alpha value is -2.78. The van der Waals surface area contributed by atoms with E-state index in [2.05, 4.69) is 32.4 Å². The van der Waals surface area contributed by atoms with E-state index >= 15 is 0 Å². The first-order chi connectivity index (χ1) is 14.4. The molecule has 0 saturated heterocycles. The van der Waals surface area contributed by atoms with Crippen LogP contribution in [0.1, 0.15) is 22.6 Å². The van der Waals surface area contributed by atoms with E-state index in [4.69, 9.17) is 5.73 Å². The van der Waals surface area contributed by atoms with Crippen molar-refractivity contribution in [2.75, 3.05) is 11.9 Å². The molecule has 9 heteroatoms. The van der Waals surface area contributed by atoms with Crippen LogP contribution < -0.4 is 11.1 Å². The molecule has 0 aromatic carbocycles. The number of aromatic nitrogens is 2. The van der Waals surface area contributed by atoms with Crippen molar-refractivity contribution < 1.29 is 13.2 Å². The van der Waals surface area contributed by atoms with Crippen molar-refractivity contribution >= 4 is 28.3 Å². The van der Waals surface area contributed by atoms with Gasteiger partial charge in [-0.2, -0.15) is 13.2 Å². The highest BCUT2D eigenvalue weighted by Gasteiger charge is 2.32. The second-order valence-corrected chi connectivity index (χ2v) is 8.21. The van der Waals surface area contributed by atoms with Gasteiger partial charge >= 0.3 is 6.18 Å². The Morgan fingerprint density at radius 3 is 2.87 bits per heavy atom. The number of pyridine rings is 1. The fourth-order valence-corrected chi connectivity index (χ4v) is 4.14. The van der Waals surface area contributed by atoms with E-state index in [0.29, 0.717) is 24.4 Å². The molecule has 5 nitrogen and oxygen atoms in total. The van der Waals surface area contributed by atoms with Crippen LogP contribution in [0.15, 0.2) is 59.5 Å². The lowest BCUT2D eigenvalue weighted by molar-refractivity contribution is -0.141. The van der Waals surface area contributed by atoms with Gasteiger partial charge in [-0.1, -0.05) is 23.5 Å². The molecule has 1 aliphatic heterocycles. The molecule has 0 bridgehead atoms. The van der Waals surface area contributed by atoms with E-state index in [1.165, 1.54) is 17.8 Å². The van der Waals surface area contributed by atoms with Crippen LogP contribution in [0.5, 0.6) is 0 Å². The van der Waals surface area contributed by atoms with Gasteiger partial charge in [-0.05, 0) is 47.8 Å². The number of allylic oxidation sites excluding steroid dienone is 5. The van der Waals surface area contributed by atoms with Crippen molar-refractivity contribution in [3.05, 3.63) is 70.7 Å². The van der Waals surface area contributed by atoms with Crippen LogP contribution in [0.3, 0.4) is 0 Å². The van der Waals surface area contributed by atoms with Gasteiger partial charge in [0.15, 0.2) is 5.13 Å². The molecule has 0 spiro atoms. The molecule has 156 valence electrons. The zero-order valence-corrected chi connectivity index (χ0v) is 16.7. The molecule has 3 heterocycles. The van der Waals surface area contributed by atoms with Crippen LogP contribution >= 0.6 is 11.3 Å². The van der Waals surface area contributed by atoms with Gasteiger partial charge in [-0.15, -0.1) is 0 Å². The lowest BCUT2D eigenvalue weighted by Crippen LogP contribution is -2.31. The molecule has 30 heavy (non-hydrogen) atoms. The van der Waals surface area contributed by atoms with Crippen LogP contribution in [0.25, 0.3) is 5.57 Å². The Labute approximate surface area is 176 Å². The highest BCUT2D eigenvalue weighted by molar-refractivity contribution is 7.16. The van der Waals surface area contributed by atoms with Crippen molar-refractivity contribution in [3.8, 4) is 0 Å². The third-order valence-corrected chi connectivity index (χ3v) is 5.88. The van der Waals surface area contributed by atoms with E-state index in [9.17, 15) is 13.2 Å². The maximum Gasteiger partial charge on any atom is 0.433 e. The number of nitrogens with one attached hydrogen (secondary N) is 1. The largest absolute Gasteiger partial charge is 0.433 e. The first-order valence-electron chi connectivity index (χ1n) is 9.48. The monoisotopic (exact) mass is 431 g/mol. The van der Waals surface area contributed by atoms with Gasteiger partial charge in [0.2, 0.25) is 0 Å². The zero-order chi connectivity index (χ0) is 21.1. The van der Waals surface area contributed by atoms with Gasteiger partial charge < -0.3 is 11.1 Å². The summed E-state index contributed by atoms with van der Waals surface area (Å²) >= 11 is 1.55. The van der Waals surface area contributed by atoms with Crippen LogP contribution in [0, 0.1) is 5.92 Å². The van der Waals surface area contributed by atoms with Gasteiger partial charge in [-0.3, -0.25) is 9.98 Å². The summed E-state index contributed by atoms with van der Waals surface area (Å²) in [6.07, 6.45) is 10.1. The highest BCUT2D eigenvalue weighted by atomic mass is 32.1. The molecule has 1 unspecified atom stereocenters. The zero-order valence-electron chi connectivity index (χ0n) is 15.9. The lowest BCUT2D eigenvalue weighted by Gasteiger charge is -2.19. The minimum absolute atomic E-state index is 0.278. The minimum atomic E-state index is -4.43. The molecule has 0 fully saturated rings. The van der Waals surface area contributed by atoms with Crippen molar-refractivity contribution in [2.45, 2.75) is 25.1 Å². The topological polar surface area (TPSA) is 76.2 Å². The SMILES string of the molecule is N[C@H](CNc1ncc(C2=CCC3C=NC=CC3=C2)s1)Cc1ccc(C(F)(F)F)nc1. The maximum absolute atomic E-state index is 12.6. The van der Waals surface area contributed by atoms with Crippen LogP contribution in [-0.2, 0) is 12.6 Å². The summed E-state index contributed by atoms with van der Waals surface area (Å²) in [5.41, 5.74) is 8.28. The van der Waals surface area contributed by atoms with E-state index < -0.39 is 11.9 Å². The molecule has 2 aliphatic rings. The summed E-state index contributed by atoms with van der Waals surface area (Å²) in [5, 5.41) is 3.97. The minimum Gasteiger partial charge on any atom is -0.360 e. The fraction of sp³-hybridized carbons (Fsp3) is 0.286. The van der Waals surface area contributed by atoms with Gasteiger partial charge in [0.25, 0.3) is 0 Å². The number of thiazole rings is 1. The summed E-state index contributed by atoms with van der Waals surface area (Å²) in [6.45, 7) is 0.454. The predicted octanol–water partition coefficient (Wildman–Crippen LogP) is 4.47. The number of anilines is 1. The van der Waals surface area contributed by atoms with Crippen LogP contribution in [-0.4, -0.2) is 28.8 Å². The van der Waals surface area contributed by atoms with E-state index in [-0.39, 0.29) is 6.04 Å². The van der Waals surface area contributed by atoms with E-state index in [0.717, 1.165) is 28.1 Å². The third-order valence-electron chi connectivity index (χ3n) is 4.88. The molecule has 2 aromatic rings. The third kappa shape index (κ3) is 4.85. The second-order valence-electron chi connectivity index (χ2n) is 7.18. The van der Waals surface area contributed by atoms with Gasteiger partial charge in [0, 0.05) is 43.3 Å². The molecular weight excluding hydrogens is 411 g/mol. The predicted molar refractivity (Wildman–Crippen MR) is 113 cm³/mol. The molecule has 2 atom stereocenters. The number of nitrogens with zero attached hydrogens (tertiary/aromatic N) is 3. The first kappa shape index (κ1) is 20.5. The van der Waals surface area contributed by atoms with E-state index in [1.54, 1.807) is 17.5 Å². The Bertz CT molecular complexity index is 1020. The van der Waals surface area contributed by atoms with Gasteiger partial charge in [0.1, 0.15) is 5.69 Å². The number of hydrogen-bond acceptors (Lipinski definition) is 6. The summed E-state index contributed by atoms with van der Waals surface area (Å²) in [4.78, 5) is 13.1. The number of nitrogens with two attached hydrogens (primary N) is 1. The molecule has 4 rings (SSSR count). The maximum atomic E-state index is 12.6. The lowest BCUT2D eigenvalue weighted by atomic mass is 9.88. The Morgan fingerprint density at radius 1 is 1.23 bits per heavy atom. The molecule has 0 amide bonds. The number of hydrogen-bond donors (Lipinski definition) is 2. The second kappa shape index (κ2) is 8.53. The van der Waals surface area contributed by atoms with Crippen LogP contribution in [0.4, 0.5) is 18.3 Å². The highest BCUT2D eigenvalue weighted by Crippen LogP contribution is 2.34. The number of aliphatic imine (C=N–C) groups is 1. The quantitative estimate of drug-likeness (QED) is 0.708.